The van der Waals surface area contributed by atoms with Crippen LogP contribution in [-0.2, 0) is 16.1 Å². The van der Waals surface area contributed by atoms with Gasteiger partial charge in [-0.05, 0) is 67.5 Å². The minimum absolute atomic E-state index is 0.0341. The first-order valence-corrected chi connectivity index (χ1v) is 15.8. The highest BCUT2D eigenvalue weighted by atomic mass is 35.5. The van der Waals surface area contributed by atoms with Gasteiger partial charge in [0.2, 0.25) is 11.8 Å². The van der Waals surface area contributed by atoms with Crippen LogP contribution in [0.2, 0.25) is 5.02 Å². The van der Waals surface area contributed by atoms with Crippen LogP contribution in [0.3, 0.4) is 0 Å². The second-order valence-electron chi connectivity index (χ2n) is 11.3. The molecule has 0 spiro atoms. The van der Waals surface area contributed by atoms with Gasteiger partial charge in [-0.15, -0.1) is 11.3 Å². The summed E-state index contributed by atoms with van der Waals surface area (Å²) in [4.78, 5) is 43.7. The molecule has 1 aliphatic rings. The van der Waals surface area contributed by atoms with Gasteiger partial charge in [0, 0.05) is 40.7 Å². The first kappa shape index (κ1) is 31.5. The fourth-order valence-corrected chi connectivity index (χ4v) is 6.06. The maximum absolute atomic E-state index is 13.5. The quantitative estimate of drug-likeness (QED) is 0.204. The number of anilines is 1. The number of rotatable bonds is 12. The van der Waals surface area contributed by atoms with Crippen molar-refractivity contribution in [2.24, 2.45) is 5.92 Å². The molecule has 3 amide bonds. The Morgan fingerprint density at radius 3 is 2.45 bits per heavy atom. The molecule has 1 saturated carbocycles. The Morgan fingerprint density at radius 2 is 1.76 bits per heavy atom. The zero-order valence-corrected chi connectivity index (χ0v) is 25.9. The minimum Gasteiger partial charge on any atom is -0.357 e. The van der Waals surface area contributed by atoms with E-state index >= 15 is 0 Å². The Labute approximate surface area is 257 Å². The van der Waals surface area contributed by atoms with Gasteiger partial charge in [-0.2, -0.15) is 0 Å². The van der Waals surface area contributed by atoms with E-state index in [1.165, 1.54) is 11.3 Å². The Balaban J connectivity index is 1.33. The number of benzene rings is 2. The van der Waals surface area contributed by atoms with E-state index in [-0.39, 0.29) is 29.7 Å². The van der Waals surface area contributed by atoms with E-state index in [0.29, 0.717) is 23.6 Å². The Morgan fingerprint density at radius 1 is 1.00 bits per heavy atom. The molecule has 3 aromatic rings. The largest absolute Gasteiger partial charge is 0.357 e. The van der Waals surface area contributed by atoms with Crippen LogP contribution in [-0.4, -0.2) is 40.8 Å². The highest BCUT2D eigenvalue weighted by molar-refractivity contribution is 7.13. The smallest absolute Gasteiger partial charge is 0.251 e. The molecule has 10 heteroatoms. The molecule has 1 aliphatic carbocycles. The predicted molar refractivity (Wildman–Crippen MR) is 169 cm³/mol. The summed E-state index contributed by atoms with van der Waals surface area (Å²) in [6.07, 6.45) is 6.21. The van der Waals surface area contributed by atoms with E-state index in [0.717, 1.165) is 41.9 Å². The predicted octanol–water partition coefficient (Wildman–Crippen LogP) is 5.90. The van der Waals surface area contributed by atoms with Crippen LogP contribution in [0.1, 0.15) is 80.3 Å². The van der Waals surface area contributed by atoms with Crippen molar-refractivity contribution in [3.63, 3.8) is 0 Å². The van der Waals surface area contributed by atoms with Crippen molar-refractivity contribution in [2.45, 2.75) is 83.5 Å². The lowest BCUT2D eigenvalue weighted by Crippen LogP contribution is -2.55. The van der Waals surface area contributed by atoms with Gasteiger partial charge in [-0.3, -0.25) is 14.4 Å². The molecule has 1 unspecified atom stereocenters. The van der Waals surface area contributed by atoms with Crippen LogP contribution < -0.4 is 21.3 Å². The second-order valence-corrected chi connectivity index (χ2v) is 12.7. The average Bonchev–Trinajstić information content (AvgIpc) is 3.50. The lowest BCUT2D eigenvalue weighted by Gasteiger charge is -2.34. The number of halogens is 1. The van der Waals surface area contributed by atoms with Crippen LogP contribution in [0.25, 0.3) is 0 Å². The summed E-state index contributed by atoms with van der Waals surface area (Å²) in [5.41, 5.74) is 2.58. The lowest BCUT2D eigenvalue weighted by atomic mass is 9.80. The number of carbonyl (C=O) groups excluding carboxylic acids is 3. The number of nitrogens with one attached hydrogen (secondary N) is 4. The molecule has 0 bridgehead atoms. The Hall–Kier alpha value is -3.43. The van der Waals surface area contributed by atoms with Crippen LogP contribution in [0.15, 0.2) is 60.1 Å². The van der Waals surface area contributed by atoms with Gasteiger partial charge in [0.05, 0.1) is 0 Å². The Bertz CT molecular complexity index is 1330. The summed E-state index contributed by atoms with van der Waals surface area (Å²) < 4.78 is 0. The van der Waals surface area contributed by atoms with Gasteiger partial charge < -0.3 is 21.3 Å². The molecule has 2 aromatic carbocycles. The number of hydrogen-bond acceptors (Lipinski definition) is 6. The van der Waals surface area contributed by atoms with Crippen molar-refractivity contribution >= 4 is 45.8 Å². The van der Waals surface area contributed by atoms with Crippen LogP contribution >= 0.6 is 22.9 Å². The molecule has 0 radical (unpaired) electrons. The first-order chi connectivity index (χ1) is 20.2. The summed E-state index contributed by atoms with van der Waals surface area (Å²) in [5, 5.41) is 15.5. The first-order valence-electron chi connectivity index (χ1n) is 14.6. The summed E-state index contributed by atoms with van der Waals surface area (Å²) in [6.45, 7) is 6.25. The van der Waals surface area contributed by atoms with Crippen molar-refractivity contribution in [2.75, 3.05) is 5.32 Å². The van der Waals surface area contributed by atoms with Crippen molar-refractivity contribution in [3.05, 3.63) is 81.8 Å². The molecule has 4 N–H and O–H groups in total. The molecule has 1 aromatic heterocycles. The Kier molecular flexibility index (Phi) is 11.4. The standard InChI is InChI=1S/C32H40ClN5O3S/c1-20(2)17-28(31(41)37-27-10-5-4-9-26(27)24-7-6-8-25(33)18-24)38-29(39)21(3)36-30(40)23-13-11-22(12-14-23)19-35-32-34-15-16-42-32/h6-8,11-16,18,20-21,26-28H,4-5,9-10,17,19H2,1-3H3,(H,34,35)(H,36,40)(H,37,41)(H,38,39)/t21-,26-,27?,28-/m1/s1. The fraction of sp³-hybridized carbons (Fsp3) is 0.438. The molecule has 42 heavy (non-hydrogen) atoms. The van der Waals surface area contributed by atoms with Gasteiger partial charge >= 0.3 is 0 Å². The lowest BCUT2D eigenvalue weighted by molar-refractivity contribution is -0.130. The summed E-state index contributed by atoms with van der Waals surface area (Å²) in [5.74, 6) is -0.595. The number of nitrogens with zero attached hydrogens (tertiary/aromatic N) is 1. The molecular weight excluding hydrogens is 570 g/mol. The van der Waals surface area contributed by atoms with E-state index in [2.05, 4.69) is 32.3 Å². The number of amides is 3. The molecule has 4 rings (SSSR count). The average molecular weight is 610 g/mol. The SMILES string of the molecule is CC(C)C[C@@H](NC(=O)[C@@H](C)NC(=O)c1ccc(CNc2nccs2)cc1)C(=O)NC1CCCC[C@@H]1c1cccc(Cl)c1. The van der Waals surface area contributed by atoms with Gasteiger partial charge in [0.15, 0.2) is 5.13 Å². The topological polar surface area (TPSA) is 112 Å². The van der Waals surface area contributed by atoms with E-state index in [9.17, 15) is 14.4 Å². The van der Waals surface area contributed by atoms with Gasteiger partial charge in [-0.1, -0.05) is 62.6 Å². The molecular formula is C32H40ClN5O3S. The molecule has 1 heterocycles. The van der Waals surface area contributed by atoms with Crippen molar-refractivity contribution in [1.29, 1.82) is 0 Å². The van der Waals surface area contributed by atoms with E-state index in [1.807, 2.05) is 49.6 Å². The third kappa shape index (κ3) is 9.03. The summed E-state index contributed by atoms with van der Waals surface area (Å²) in [7, 11) is 0. The van der Waals surface area contributed by atoms with E-state index < -0.39 is 18.0 Å². The van der Waals surface area contributed by atoms with Crippen molar-refractivity contribution in [3.8, 4) is 0 Å². The highest BCUT2D eigenvalue weighted by Crippen LogP contribution is 2.34. The van der Waals surface area contributed by atoms with Gasteiger partial charge in [0.1, 0.15) is 12.1 Å². The van der Waals surface area contributed by atoms with E-state index in [1.54, 1.807) is 25.3 Å². The number of thiazole rings is 1. The fourth-order valence-electron chi connectivity index (χ4n) is 5.33. The normalized spacial score (nSPS) is 18.1. The maximum atomic E-state index is 13.5. The highest BCUT2D eigenvalue weighted by Gasteiger charge is 2.32. The van der Waals surface area contributed by atoms with Crippen molar-refractivity contribution < 1.29 is 14.4 Å². The molecule has 0 saturated heterocycles. The molecule has 1 fully saturated rings. The van der Waals surface area contributed by atoms with Gasteiger partial charge in [-0.25, -0.2) is 4.98 Å². The third-order valence-corrected chi connectivity index (χ3v) is 8.51. The van der Waals surface area contributed by atoms with Crippen molar-refractivity contribution in [1.82, 2.24) is 20.9 Å². The van der Waals surface area contributed by atoms with E-state index in [4.69, 9.17) is 11.6 Å². The zero-order chi connectivity index (χ0) is 30.1. The molecule has 8 nitrogen and oxygen atoms in total. The van der Waals surface area contributed by atoms with Crippen LogP contribution in [0.5, 0.6) is 0 Å². The molecule has 4 atom stereocenters. The number of carbonyl (C=O) groups is 3. The minimum atomic E-state index is -0.819. The van der Waals surface area contributed by atoms with Crippen LogP contribution in [0, 0.1) is 5.92 Å². The summed E-state index contributed by atoms with van der Waals surface area (Å²) >= 11 is 7.78. The van der Waals surface area contributed by atoms with Crippen LogP contribution in [0.4, 0.5) is 5.13 Å². The summed E-state index contributed by atoms with van der Waals surface area (Å²) in [6, 6.07) is 13.5. The molecule has 0 aliphatic heterocycles. The number of hydrogen-bond donors (Lipinski definition) is 4. The monoisotopic (exact) mass is 609 g/mol. The second kappa shape index (κ2) is 15.2. The molecule has 224 valence electrons. The third-order valence-electron chi connectivity index (χ3n) is 7.54. The maximum Gasteiger partial charge on any atom is 0.251 e. The van der Waals surface area contributed by atoms with Gasteiger partial charge in [0.25, 0.3) is 5.91 Å². The zero-order valence-electron chi connectivity index (χ0n) is 24.4. The number of aromatic nitrogens is 1.